The van der Waals surface area contributed by atoms with Crippen molar-refractivity contribution in [2.45, 2.75) is 12.5 Å². The van der Waals surface area contributed by atoms with Crippen molar-refractivity contribution in [1.29, 1.82) is 0 Å². The summed E-state index contributed by atoms with van der Waals surface area (Å²) in [5, 5.41) is 13.5. The molecule has 0 saturated heterocycles. The Labute approximate surface area is 198 Å². The maximum Gasteiger partial charge on any atom is 0.290 e. The number of nitrogens with zero attached hydrogens (tertiary/aromatic N) is 1. The number of ether oxygens (including phenoxy) is 1. The fraction of sp³-hybridized carbons (Fsp3) is 0.154. The first-order valence-electron chi connectivity index (χ1n) is 10.7. The van der Waals surface area contributed by atoms with Gasteiger partial charge in [-0.15, -0.1) is 11.3 Å². The van der Waals surface area contributed by atoms with Gasteiger partial charge in [0.1, 0.15) is 11.6 Å². The van der Waals surface area contributed by atoms with Crippen LogP contribution < -0.4 is 4.74 Å². The number of carbonyl (C=O) groups excluding carboxylic acids is 2. The van der Waals surface area contributed by atoms with E-state index in [2.05, 4.69) is 4.98 Å². The van der Waals surface area contributed by atoms with Crippen LogP contribution in [-0.4, -0.2) is 40.3 Å². The molecule has 172 valence electrons. The summed E-state index contributed by atoms with van der Waals surface area (Å²) in [4.78, 5) is 31.5. The van der Waals surface area contributed by atoms with Crippen LogP contribution in [0.1, 0.15) is 26.8 Å². The number of aromatic nitrogens is 1. The number of fused-ring (bicyclic) bond motifs is 1. The van der Waals surface area contributed by atoms with Crippen LogP contribution in [0.3, 0.4) is 0 Å². The van der Waals surface area contributed by atoms with Gasteiger partial charge in [-0.2, -0.15) is 0 Å². The number of hydrogen-bond acceptors (Lipinski definition) is 5. The van der Waals surface area contributed by atoms with E-state index < -0.39 is 29.3 Å². The molecule has 34 heavy (non-hydrogen) atoms. The summed E-state index contributed by atoms with van der Waals surface area (Å²) in [5.74, 6) is -1.29. The highest BCUT2D eigenvalue weighted by atomic mass is 32.1. The highest BCUT2D eigenvalue weighted by molar-refractivity contribution is 7.12. The summed E-state index contributed by atoms with van der Waals surface area (Å²) in [7, 11) is 1.60. The molecule has 0 aliphatic carbocycles. The second kappa shape index (κ2) is 8.79. The van der Waals surface area contributed by atoms with Gasteiger partial charge in [-0.25, -0.2) is 4.39 Å². The van der Waals surface area contributed by atoms with Gasteiger partial charge < -0.3 is 19.7 Å². The van der Waals surface area contributed by atoms with E-state index in [1.165, 1.54) is 40.5 Å². The van der Waals surface area contributed by atoms with Crippen LogP contribution in [0.25, 0.3) is 10.9 Å². The number of ketones is 1. The molecular formula is C26H21FN2O4S. The number of hydrogen-bond donors (Lipinski definition) is 2. The van der Waals surface area contributed by atoms with Gasteiger partial charge in [0.15, 0.2) is 5.76 Å². The Balaban J connectivity index is 1.50. The second-order valence-corrected chi connectivity index (χ2v) is 8.94. The maximum atomic E-state index is 13.6. The van der Waals surface area contributed by atoms with Crippen LogP contribution in [-0.2, 0) is 11.2 Å². The first-order valence-corrected chi connectivity index (χ1v) is 11.6. The smallest absolute Gasteiger partial charge is 0.290 e. The van der Waals surface area contributed by atoms with E-state index in [0.717, 1.165) is 22.2 Å². The number of amides is 1. The Morgan fingerprint density at radius 2 is 2.00 bits per heavy atom. The molecule has 6 nitrogen and oxygen atoms in total. The molecule has 2 aromatic heterocycles. The average molecular weight is 477 g/mol. The van der Waals surface area contributed by atoms with Crippen molar-refractivity contribution in [2.24, 2.45) is 0 Å². The van der Waals surface area contributed by atoms with Crippen molar-refractivity contribution in [3.63, 3.8) is 0 Å². The van der Waals surface area contributed by atoms with Crippen molar-refractivity contribution < 1.29 is 23.8 Å². The highest BCUT2D eigenvalue weighted by Gasteiger charge is 2.43. The Morgan fingerprint density at radius 1 is 1.21 bits per heavy atom. The SMILES string of the molecule is COc1ccc2[nH]cc(CCN3C(=O)C(O)=C(C(=O)c4cccs4)[C@@H]3c3ccc(F)cc3)c2c1. The van der Waals surface area contributed by atoms with Crippen molar-refractivity contribution in [3.8, 4) is 5.75 Å². The fourth-order valence-electron chi connectivity index (χ4n) is 4.38. The number of Topliss-reactive ketones (excluding diaryl/α,β-unsaturated/α-hetero) is 1. The molecule has 0 unspecified atom stereocenters. The highest BCUT2D eigenvalue weighted by Crippen LogP contribution is 2.40. The molecule has 0 radical (unpaired) electrons. The summed E-state index contributed by atoms with van der Waals surface area (Å²) in [6.07, 6.45) is 2.35. The maximum absolute atomic E-state index is 13.6. The lowest BCUT2D eigenvalue weighted by molar-refractivity contribution is -0.129. The zero-order chi connectivity index (χ0) is 23.8. The van der Waals surface area contributed by atoms with Crippen LogP contribution in [0.15, 0.2) is 77.5 Å². The van der Waals surface area contributed by atoms with Gasteiger partial charge >= 0.3 is 0 Å². The number of methoxy groups -OCH3 is 1. The second-order valence-electron chi connectivity index (χ2n) is 8.00. The standard InChI is InChI=1S/C26H21FN2O4S/c1-33-18-8-9-20-19(13-18)16(14-28-20)10-11-29-23(15-4-6-17(27)7-5-15)22(25(31)26(29)32)24(30)21-3-2-12-34-21/h2-9,12-14,23,28,31H,10-11H2,1H3/t23-/m0/s1. The van der Waals surface area contributed by atoms with Crippen molar-refractivity contribution in [2.75, 3.05) is 13.7 Å². The number of nitrogens with one attached hydrogen (secondary N) is 1. The molecule has 1 aliphatic heterocycles. The molecule has 0 fully saturated rings. The number of H-pyrrole nitrogens is 1. The lowest BCUT2D eigenvalue weighted by Gasteiger charge is -2.26. The largest absolute Gasteiger partial charge is 0.503 e. The Hall–Kier alpha value is -3.91. The molecule has 0 spiro atoms. The summed E-state index contributed by atoms with van der Waals surface area (Å²) in [6, 6.07) is 13.9. The van der Waals surface area contributed by atoms with E-state index in [1.54, 1.807) is 24.6 Å². The zero-order valence-electron chi connectivity index (χ0n) is 18.2. The minimum atomic E-state index is -0.817. The average Bonchev–Trinajstić information content (AvgIpc) is 3.58. The number of rotatable bonds is 7. The van der Waals surface area contributed by atoms with Gasteiger partial charge in [0.25, 0.3) is 5.91 Å². The summed E-state index contributed by atoms with van der Waals surface area (Å²) in [6.45, 7) is 0.246. The molecule has 4 aromatic rings. The molecule has 1 amide bonds. The first kappa shape index (κ1) is 21.9. The predicted octanol–water partition coefficient (Wildman–Crippen LogP) is 5.20. The van der Waals surface area contributed by atoms with Gasteiger partial charge in [0, 0.05) is 23.6 Å². The van der Waals surface area contributed by atoms with Crippen LogP contribution in [0.4, 0.5) is 4.39 Å². The Morgan fingerprint density at radius 3 is 2.71 bits per heavy atom. The Kier molecular flexibility index (Phi) is 5.67. The fourth-order valence-corrected chi connectivity index (χ4v) is 5.06. The van der Waals surface area contributed by atoms with Crippen LogP contribution in [0.2, 0.25) is 0 Å². The Bertz CT molecular complexity index is 1410. The molecule has 3 heterocycles. The molecule has 2 aromatic carbocycles. The molecule has 1 atom stereocenters. The third kappa shape index (κ3) is 3.76. The van der Waals surface area contributed by atoms with Gasteiger partial charge in [-0.05, 0) is 59.3 Å². The van der Waals surface area contributed by atoms with Gasteiger partial charge in [0.05, 0.1) is 23.6 Å². The van der Waals surface area contributed by atoms with Crippen LogP contribution in [0, 0.1) is 5.82 Å². The third-order valence-electron chi connectivity index (χ3n) is 6.08. The topological polar surface area (TPSA) is 82.6 Å². The molecule has 8 heteroatoms. The molecule has 5 rings (SSSR count). The zero-order valence-corrected chi connectivity index (χ0v) is 19.1. The molecule has 0 saturated carbocycles. The first-order chi connectivity index (χ1) is 16.5. The minimum absolute atomic E-state index is 0.0136. The predicted molar refractivity (Wildman–Crippen MR) is 128 cm³/mol. The van der Waals surface area contributed by atoms with Crippen LogP contribution >= 0.6 is 11.3 Å². The molecular weight excluding hydrogens is 455 g/mol. The van der Waals surface area contributed by atoms with Crippen LogP contribution in [0.5, 0.6) is 5.75 Å². The normalized spacial score (nSPS) is 16.0. The van der Waals surface area contributed by atoms with E-state index in [9.17, 15) is 19.1 Å². The van der Waals surface area contributed by atoms with Gasteiger partial charge in [-0.3, -0.25) is 9.59 Å². The van der Waals surface area contributed by atoms with Gasteiger partial charge in [0.2, 0.25) is 5.78 Å². The number of halogens is 1. The van der Waals surface area contributed by atoms with E-state index in [1.807, 2.05) is 24.4 Å². The molecule has 2 N–H and O–H groups in total. The van der Waals surface area contributed by atoms with Crippen molar-refractivity contribution in [3.05, 3.63) is 99.3 Å². The summed E-state index contributed by atoms with van der Waals surface area (Å²) in [5.41, 5.74) is 2.48. The summed E-state index contributed by atoms with van der Waals surface area (Å²) < 4.78 is 19.0. The monoisotopic (exact) mass is 476 g/mol. The van der Waals surface area contributed by atoms with E-state index in [-0.39, 0.29) is 12.1 Å². The molecule has 1 aliphatic rings. The molecule has 0 bridgehead atoms. The van der Waals surface area contributed by atoms with E-state index in [0.29, 0.717) is 16.9 Å². The number of carbonyl (C=O) groups is 2. The van der Waals surface area contributed by atoms with Crippen molar-refractivity contribution >= 4 is 33.9 Å². The number of benzene rings is 2. The van der Waals surface area contributed by atoms with E-state index >= 15 is 0 Å². The number of thiophene rings is 1. The lowest BCUT2D eigenvalue weighted by atomic mass is 9.95. The lowest BCUT2D eigenvalue weighted by Crippen LogP contribution is -2.33. The minimum Gasteiger partial charge on any atom is -0.503 e. The van der Waals surface area contributed by atoms with E-state index in [4.69, 9.17) is 4.74 Å². The number of aliphatic hydroxyl groups is 1. The number of aliphatic hydroxyl groups excluding tert-OH is 1. The third-order valence-corrected chi connectivity index (χ3v) is 6.94. The quantitative estimate of drug-likeness (QED) is 0.359. The number of aromatic amines is 1. The van der Waals surface area contributed by atoms with Crippen molar-refractivity contribution in [1.82, 2.24) is 9.88 Å². The summed E-state index contributed by atoms with van der Waals surface area (Å²) >= 11 is 1.24. The van der Waals surface area contributed by atoms with Gasteiger partial charge in [-0.1, -0.05) is 18.2 Å².